The van der Waals surface area contributed by atoms with Gasteiger partial charge in [-0.25, -0.2) is 9.78 Å². The highest BCUT2D eigenvalue weighted by Crippen LogP contribution is 2.39. The third-order valence-corrected chi connectivity index (χ3v) is 5.28. The van der Waals surface area contributed by atoms with Crippen LogP contribution in [0.1, 0.15) is 32.1 Å². The Bertz CT molecular complexity index is 639. The fraction of sp³-hybridized carbons (Fsp3) is 0.667. The van der Waals surface area contributed by atoms with E-state index in [2.05, 4.69) is 9.88 Å². The molecule has 2 aliphatic heterocycles. The third-order valence-electron chi connectivity index (χ3n) is 5.28. The van der Waals surface area contributed by atoms with Crippen LogP contribution in [-0.4, -0.2) is 64.6 Å². The number of rotatable bonds is 3. The molecule has 9 heteroatoms. The number of carbonyl (C=O) groups is 1. The lowest BCUT2D eigenvalue weighted by Gasteiger charge is -2.35. The Labute approximate surface area is 155 Å². The van der Waals surface area contributed by atoms with E-state index >= 15 is 0 Å². The molecule has 0 bridgehead atoms. The summed E-state index contributed by atoms with van der Waals surface area (Å²) in [5.74, 6) is -2.04. The van der Waals surface area contributed by atoms with Crippen molar-refractivity contribution in [3.05, 3.63) is 24.4 Å². The zero-order valence-electron chi connectivity index (χ0n) is 14.8. The highest BCUT2D eigenvalue weighted by molar-refractivity contribution is 5.73. The van der Waals surface area contributed by atoms with Crippen LogP contribution in [0, 0.1) is 0 Å². The first-order valence-electron chi connectivity index (χ1n) is 9.03. The summed E-state index contributed by atoms with van der Waals surface area (Å²) in [5, 5.41) is 7.12. The molecule has 1 aromatic rings. The summed E-state index contributed by atoms with van der Waals surface area (Å²) in [6.07, 6.45) is 3.17. The first kappa shape index (κ1) is 19.9. The second-order valence-corrected chi connectivity index (χ2v) is 7.21. The van der Waals surface area contributed by atoms with Gasteiger partial charge in [0.05, 0.1) is 12.2 Å². The molecule has 3 aliphatic rings. The maximum atomic E-state index is 10.6. The van der Waals surface area contributed by atoms with Crippen molar-refractivity contribution >= 4 is 5.97 Å². The van der Waals surface area contributed by atoms with Gasteiger partial charge in [0.2, 0.25) is 5.88 Å². The SMILES string of the molecule is O=C(O)C(F)(F)F.c1ccc(O[C@H]2CO[C@@]3(CCN(C4CCC4)C3)C2)nc1. The van der Waals surface area contributed by atoms with Crippen molar-refractivity contribution in [1.29, 1.82) is 0 Å². The summed E-state index contributed by atoms with van der Waals surface area (Å²) in [7, 11) is 0. The fourth-order valence-electron chi connectivity index (χ4n) is 3.69. The van der Waals surface area contributed by atoms with E-state index < -0.39 is 12.1 Å². The van der Waals surface area contributed by atoms with E-state index in [4.69, 9.17) is 19.4 Å². The number of likely N-dealkylation sites (tertiary alicyclic amines) is 1. The molecule has 1 N–H and O–H groups in total. The molecule has 6 nitrogen and oxygen atoms in total. The highest BCUT2D eigenvalue weighted by atomic mass is 19.4. The van der Waals surface area contributed by atoms with Gasteiger partial charge in [-0.3, -0.25) is 4.90 Å². The Kier molecular flexibility index (Phi) is 5.90. The number of carboxylic acid groups (broad SMARTS) is 1. The van der Waals surface area contributed by atoms with Crippen molar-refractivity contribution < 1.29 is 32.5 Å². The van der Waals surface area contributed by atoms with E-state index in [0.717, 1.165) is 25.4 Å². The molecular weight excluding hydrogens is 365 g/mol. The topological polar surface area (TPSA) is 71.9 Å². The normalized spacial score (nSPS) is 28.5. The van der Waals surface area contributed by atoms with Crippen LogP contribution in [0.3, 0.4) is 0 Å². The second-order valence-electron chi connectivity index (χ2n) is 7.21. The van der Waals surface area contributed by atoms with Gasteiger partial charge in [0, 0.05) is 37.8 Å². The van der Waals surface area contributed by atoms with Gasteiger partial charge in [-0.05, 0) is 25.3 Å². The molecule has 3 fully saturated rings. The van der Waals surface area contributed by atoms with E-state index in [0.29, 0.717) is 12.5 Å². The second kappa shape index (κ2) is 8.02. The van der Waals surface area contributed by atoms with Crippen molar-refractivity contribution in [3.63, 3.8) is 0 Å². The van der Waals surface area contributed by atoms with Gasteiger partial charge in [0.25, 0.3) is 0 Å². The van der Waals surface area contributed by atoms with Gasteiger partial charge >= 0.3 is 12.1 Å². The summed E-state index contributed by atoms with van der Waals surface area (Å²) in [5.41, 5.74) is 0.0506. The van der Waals surface area contributed by atoms with Crippen molar-refractivity contribution in [2.75, 3.05) is 19.7 Å². The van der Waals surface area contributed by atoms with E-state index in [1.54, 1.807) is 6.20 Å². The number of nitrogens with zero attached hydrogens (tertiary/aromatic N) is 2. The molecule has 0 radical (unpaired) electrons. The van der Waals surface area contributed by atoms with Crippen molar-refractivity contribution in [2.24, 2.45) is 0 Å². The largest absolute Gasteiger partial charge is 0.490 e. The molecule has 1 spiro atoms. The Hall–Kier alpha value is -1.87. The Morgan fingerprint density at radius 2 is 2.11 bits per heavy atom. The van der Waals surface area contributed by atoms with Crippen LogP contribution in [0.25, 0.3) is 0 Å². The van der Waals surface area contributed by atoms with Crippen molar-refractivity contribution in [3.8, 4) is 5.88 Å². The number of hydrogen-bond donors (Lipinski definition) is 1. The van der Waals surface area contributed by atoms with Crippen LogP contribution in [0.2, 0.25) is 0 Å². The third kappa shape index (κ3) is 5.10. The monoisotopic (exact) mass is 388 g/mol. The average molecular weight is 388 g/mol. The molecule has 27 heavy (non-hydrogen) atoms. The van der Waals surface area contributed by atoms with Crippen molar-refractivity contribution in [1.82, 2.24) is 9.88 Å². The summed E-state index contributed by atoms with van der Waals surface area (Å²) in [6.45, 7) is 3.00. The number of ether oxygens (including phenoxy) is 2. The summed E-state index contributed by atoms with van der Waals surface area (Å²) in [4.78, 5) is 15.8. The number of halogens is 3. The minimum absolute atomic E-state index is 0.0506. The van der Waals surface area contributed by atoms with Gasteiger partial charge < -0.3 is 14.6 Å². The van der Waals surface area contributed by atoms with Gasteiger partial charge in [-0.1, -0.05) is 12.5 Å². The molecule has 2 saturated heterocycles. The molecule has 0 amide bonds. The van der Waals surface area contributed by atoms with Crippen LogP contribution in [0.5, 0.6) is 5.88 Å². The molecule has 4 rings (SSSR count). The minimum Gasteiger partial charge on any atom is -0.475 e. The number of aliphatic carboxylic acids is 1. The molecule has 0 unspecified atom stereocenters. The maximum absolute atomic E-state index is 10.6. The number of carboxylic acids is 1. The van der Waals surface area contributed by atoms with Gasteiger partial charge in [0.1, 0.15) is 6.10 Å². The highest BCUT2D eigenvalue weighted by Gasteiger charge is 2.48. The zero-order chi connectivity index (χ0) is 19.5. The minimum atomic E-state index is -5.08. The summed E-state index contributed by atoms with van der Waals surface area (Å²) < 4.78 is 43.8. The lowest BCUT2D eigenvalue weighted by Crippen LogP contribution is -2.41. The number of aromatic nitrogens is 1. The first-order valence-corrected chi connectivity index (χ1v) is 9.03. The van der Waals surface area contributed by atoms with Gasteiger partial charge in [0.15, 0.2) is 0 Å². The summed E-state index contributed by atoms with van der Waals surface area (Å²) in [6, 6.07) is 6.61. The lowest BCUT2D eigenvalue weighted by molar-refractivity contribution is -0.192. The van der Waals surface area contributed by atoms with Crippen molar-refractivity contribution in [2.45, 2.75) is 56.0 Å². The van der Waals surface area contributed by atoms with Gasteiger partial charge in [-0.2, -0.15) is 13.2 Å². The zero-order valence-corrected chi connectivity index (χ0v) is 14.8. The summed E-state index contributed by atoms with van der Waals surface area (Å²) >= 11 is 0. The maximum Gasteiger partial charge on any atom is 0.490 e. The van der Waals surface area contributed by atoms with E-state index in [1.165, 1.54) is 25.8 Å². The quantitative estimate of drug-likeness (QED) is 0.859. The van der Waals surface area contributed by atoms with Crippen LogP contribution in [0.15, 0.2) is 24.4 Å². The Balaban J connectivity index is 0.000000260. The van der Waals surface area contributed by atoms with E-state index in [-0.39, 0.29) is 11.7 Å². The number of hydrogen-bond acceptors (Lipinski definition) is 5. The molecular formula is C18H23F3N2O4. The van der Waals surface area contributed by atoms with Crippen LogP contribution >= 0.6 is 0 Å². The first-order chi connectivity index (χ1) is 12.8. The Morgan fingerprint density at radius 3 is 2.67 bits per heavy atom. The fourth-order valence-corrected chi connectivity index (χ4v) is 3.69. The molecule has 2 atom stereocenters. The van der Waals surface area contributed by atoms with E-state index in [9.17, 15) is 13.2 Å². The smallest absolute Gasteiger partial charge is 0.475 e. The Morgan fingerprint density at radius 1 is 1.37 bits per heavy atom. The predicted octanol–water partition coefficient (Wildman–Crippen LogP) is 2.88. The number of pyridine rings is 1. The molecule has 150 valence electrons. The van der Waals surface area contributed by atoms with Gasteiger partial charge in [-0.15, -0.1) is 0 Å². The van der Waals surface area contributed by atoms with Crippen LogP contribution in [-0.2, 0) is 9.53 Å². The number of alkyl halides is 3. The van der Waals surface area contributed by atoms with Crippen LogP contribution < -0.4 is 4.74 Å². The molecule has 1 aliphatic carbocycles. The molecule has 0 aromatic carbocycles. The standard InChI is InChI=1S/C16H22N2O2.C2HF3O2/c1-2-8-17-15(6-1)20-14-10-16(19-11-14)7-9-18(12-16)13-4-3-5-13;3-2(4,5)1(6)7/h1-2,6,8,13-14H,3-5,7,9-12H2;(H,6,7)/t14-,16+;/m1./s1. The van der Waals surface area contributed by atoms with Crippen LogP contribution in [0.4, 0.5) is 13.2 Å². The molecule has 3 heterocycles. The predicted molar refractivity (Wildman–Crippen MR) is 89.5 cm³/mol. The van der Waals surface area contributed by atoms with E-state index in [1.807, 2.05) is 18.2 Å². The average Bonchev–Trinajstić information content (AvgIpc) is 3.14. The molecule has 1 aromatic heterocycles. The lowest BCUT2D eigenvalue weighted by atomic mass is 9.91. The molecule has 1 saturated carbocycles.